The number of benzene rings is 1. The Morgan fingerprint density at radius 3 is 2.40 bits per heavy atom. The first-order valence-corrected chi connectivity index (χ1v) is 7.24. The summed E-state index contributed by atoms with van der Waals surface area (Å²) in [6.45, 7) is -1.24. The number of alkyl halides is 3. The molecule has 1 heterocycles. The van der Waals surface area contributed by atoms with Crippen molar-refractivity contribution in [2.75, 3.05) is 32.6 Å². The van der Waals surface area contributed by atoms with Gasteiger partial charge in [-0.2, -0.15) is 13.2 Å². The Morgan fingerprint density at radius 2 is 1.92 bits per heavy atom. The Hall–Kier alpha value is -2.65. The summed E-state index contributed by atoms with van der Waals surface area (Å²) in [4.78, 5) is 24.1. The Bertz CT molecular complexity index is 665. The number of amides is 2. The van der Waals surface area contributed by atoms with Gasteiger partial charge in [0.05, 0.1) is 31.7 Å². The highest BCUT2D eigenvalue weighted by molar-refractivity contribution is 5.92. The SMILES string of the molecule is COc1ccc(NC(=O)N2C[C@@H](C(F)(F)F)[C@H](C(=O)O)C2)c(OC)c1. The van der Waals surface area contributed by atoms with Gasteiger partial charge >= 0.3 is 18.2 Å². The lowest BCUT2D eigenvalue weighted by atomic mass is 9.96. The predicted octanol–water partition coefficient (Wildman–Crippen LogP) is 2.43. The summed E-state index contributed by atoms with van der Waals surface area (Å²) in [5.74, 6) is -4.65. The van der Waals surface area contributed by atoms with E-state index in [2.05, 4.69) is 5.32 Å². The largest absolute Gasteiger partial charge is 0.497 e. The van der Waals surface area contributed by atoms with Crippen molar-refractivity contribution in [3.8, 4) is 11.5 Å². The van der Waals surface area contributed by atoms with E-state index >= 15 is 0 Å². The number of nitrogens with one attached hydrogen (secondary N) is 1. The highest BCUT2D eigenvalue weighted by Gasteiger charge is 2.53. The average molecular weight is 362 g/mol. The summed E-state index contributed by atoms with van der Waals surface area (Å²) in [7, 11) is 2.81. The van der Waals surface area contributed by atoms with Gasteiger partial charge in [-0.3, -0.25) is 4.79 Å². The van der Waals surface area contributed by atoms with Crippen LogP contribution < -0.4 is 14.8 Å². The average Bonchev–Trinajstić information content (AvgIpc) is 3.01. The van der Waals surface area contributed by atoms with Crippen molar-refractivity contribution in [2.24, 2.45) is 11.8 Å². The minimum absolute atomic E-state index is 0.232. The maximum Gasteiger partial charge on any atom is 0.394 e. The smallest absolute Gasteiger partial charge is 0.394 e. The summed E-state index contributed by atoms with van der Waals surface area (Å²) in [5.41, 5.74) is 0.232. The van der Waals surface area contributed by atoms with E-state index in [0.717, 1.165) is 4.90 Å². The third-order valence-corrected chi connectivity index (χ3v) is 4.00. The second-order valence-corrected chi connectivity index (χ2v) is 5.49. The number of carbonyl (C=O) groups is 2. The number of carboxylic acid groups (broad SMARTS) is 1. The van der Waals surface area contributed by atoms with E-state index in [9.17, 15) is 22.8 Å². The summed E-state index contributed by atoms with van der Waals surface area (Å²) >= 11 is 0. The Kier molecular flexibility index (Phi) is 5.29. The Balaban J connectivity index is 2.15. The lowest BCUT2D eigenvalue weighted by molar-refractivity contribution is -0.187. The molecule has 25 heavy (non-hydrogen) atoms. The molecule has 1 aliphatic rings. The number of likely N-dealkylation sites (tertiary alicyclic amines) is 1. The van der Waals surface area contributed by atoms with E-state index in [1.165, 1.54) is 26.4 Å². The number of hydrogen-bond donors (Lipinski definition) is 2. The van der Waals surface area contributed by atoms with Crippen molar-refractivity contribution < 1.29 is 37.3 Å². The lowest BCUT2D eigenvalue weighted by Crippen LogP contribution is -2.35. The fraction of sp³-hybridized carbons (Fsp3) is 0.467. The molecular weight excluding hydrogens is 345 g/mol. The molecule has 1 aromatic carbocycles. The molecule has 7 nitrogen and oxygen atoms in total. The number of carbonyl (C=O) groups excluding carboxylic acids is 1. The van der Waals surface area contributed by atoms with Crippen molar-refractivity contribution in [1.82, 2.24) is 4.90 Å². The summed E-state index contributed by atoms with van der Waals surface area (Å²) < 4.78 is 49.1. The summed E-state index contributed by atoms with van der Waals surface area (Å²) in [5, 5.41) is 11.4. The topological polar surface area (TPSA) is 88.1 Å². The number of aliphatic carboxylic acids is 1. The van der Waals surface area contributed by atoms with Crippen LogP contribution >= 0.6 is 0 Å². The molecule has 2 rings (SSSR count). The number of nitrogens with zero attached hydrogens (tertiary/aromatic N) is 1. The maximum atomic E-state index is 13.0. The molecule has 1 aliphatic heterocycles. The molecule has 2 atom stereocenters. The second-order valence-electron chi connectivity index (χ2n) is 5.49. The fourth-order valence-electron chi connectivity index (χ4n) is 2.65. The minimum atomic E-state index is -4.70. The first-order chi connectivity index (χ1) is 11.7. The standard InChI is InChI=1S/C15H17F3N2O5/c1-24-8-3-4-11(12(5-8)25-2)19-14(23)20-6-9(13(21)22)10(7-20)15(16,17)18/h3-5,9-10H,6-7H2,1-2H3,(H,19,23)(H,21,22)/t9-,10-/m1/s1. The normalized spacial score (nSPS) is 20.3. The van der Waals surface area contributed by atoms with Crippen LogP contribution in [0.4, 0.5) is 23.7 Å². The molecule has 0 unspecified atom stereocenters. The number of ether oxygens (including phenoxy) is 2. The van der Waals surface area contributed by atoms with Crippen LogP contribution in [-0.2, 0) is 4.79 Å². The van der Waals surface area contributed by atoms with Crippen molar-refractivity contribution in [1.29, 1.82) is 0 Å². The van der Waals surface area contributed by atoms with Crippen LogP contribution in [0.5, 0.6) is 11.5 Å². The highest BCUT2D eigenvalue weighted by atomic mass is 19.4. The Labute approximate surface area is 141 Å². The maximum absolute atomic E-state index is 13.0. The van der Waals surface area contributed by atoms with Crippen molar-refractivity contribution in [3.05, 3.63) is 18.2 Å². The molecule has 1 fully saturated rings. The molecule has 0 spiro atoms. The zero-order chi connectivity index (χ0) is 18.8. The van der Waals surface area contributed by atoms with E-state index in [1.54, 1.807) is 6.07 Å². The molecule has 1 saturated heterocycles. The molecule has 0 radical (unpaired) electrons. The Morgan fingerprint density at radius 1 is 1.24 bits per heavy atom. The number of carboxylic acids is 1. The van der Waals surface area contributed by atoms with Gasteiger partial charge in [-0.05, 0) is 12.1 Å². The van der Waals surface area contributed by atoms with E-state index in [0.29, 0.717) is 5.75 Å². The fourth-order valence-corrected chi connectivity index (χ4v) is 2.65. The zero-order valence-corrected chi connectivity index (χ0v) is 13.5. The van der Waals surface area contributed by atoms with Crippen LogP contribution in [-0.4, -0.2) is 55.5 Å². The van der Waals surface area contributed by atoms with Gasteiger partial charge in [-0.1, -0.05) is 0 Å². The van der Waals surface area contributed by atoms with Gasteiger partial charge in [0.25, 0.3) is 0 Å². The van der Waals surface area contributed by atoms with E-state index in [-0.39, 0.29) is 11.4 Å². The first-order valence-electron chi connectivity index (χ1n) is 7.24. The van der Waals surface area contributed by atoms with E-state index in [4.69, 9.17) is 14.6 Å². The molecule has 138 valence electrons. The number of halogens is 3. The number of anilines is 1. The molecule has 0 aromatic heterocycles. The quantitative estimate of drug-likeness (QED) is 0.859. The summed E-state index contributed by atoms with van der Waals surface area (Å²) in [6.07, 6.45) is -4.70. The van der Waals surface area contributed by atoms with Gasteiger partial charge in [0.1, 0.15) is 11.5 Å². The van der Waals surface area contributed by atoms with Gasteiger partial charge in [0, 0.05) is 19.2 Å². The number of hydrogen-bond acceptors (Lipinski definition) is 4. The molecule has 2 amide bonds. The van der Waals surface area contributed by atoms with Crippen molar-refractivity contribution in [2.45, 2.75) is 6.18 Å². The number of urea groups is 1. The second kappa shape index (κ2) is 7.08. The highest BCUT2D eigenvalue weighted by Crippen LogP contribution is 2.38. The third-order valence-electron chi connectivity index (χ3n) is 4.00. The van der Waals surface area contributed by atoms with Crippen LogP contribution in [0.2, 0.25) is 0 Å². The third kappa shape index (κ3) is 4.06. The van der Waals surface area contributed by atoms with Crippen molar-refractivity contribution >= 4 is 17.7 Å². The van der Waals surface area contributed by atoms with Crippen LogP contribution in [0.15, 0.2) is 18.2 Å². The van der Waals surface area contributed by atoms with E-state index in [1.807, 2.05) is 0 Å². The van der Waals surface area contributed by atoms with Crippen LogP contribution in [0.3, 0.4) is 0 Å². The van der Waals surface area contributed by atoms with Crippen LogP contribution in [0.25, 0.3) is 0 Å². The molecule has 10 heteroatoms. The minimum Gasteiger partial charge on any atom is -0.497 e. The van der Waals surface area contributed by atoms with Gasteiger partial charge < -0.3 is 24.8 Å². The van der Waals surface area contributed by atoms with Gasteiger partial charge in [0.15, 0.2) is 0 Å². The van der Waals surface area contributed by atoms with Crippen molar-refractivity contribution in [3.63, 3.8) is 0 Å². The molecule has 0 bridgehead atoms. The summed E-state index contributed by atoms with van der Waals surface area (Å²) in [6, 6.07) is 3.68. The molecule has 2 N–H and O–H groups in total. The van der Waals surface area contributed by atoms with Gasteiger partial charge in [-0.25, -0.2) is 4.79 Å². The van der Waals surface area contributed by atoms with Gasteiger partial charge in [-0.15, -0.1) is 0 Å². The number of methoxy groups -OCH3 is 2. The molecule has 0 saturated carbocycles. The molecule has 1 aromatic rings. The van der Waals surface area contributed by atoms with Gasteiger partial charge in [0.2, 0.25) is 0 Å². The van der Waals surface area contributed by atoms with Crippen LogP contribution in [0, 0.1) is 11.8 Å². The lowest BCUT2D eigenvalue weighted by Gasteiger charge is -2.19. The molecule has 0 aliphatic carbocycles. The first kappa shape index (κ1) is 18.7. The van der Waals surface area contributed by atoms with E-state index < -0.39 is 43.1 Å². The monoisotopic (exact) mass is 362 g/mol. The zero-order valence-electron chi connectivity index (χ0n) is 13.5. The molecular formula is C15H17F3N2O5. The number of rotatable bonds is 4. The van der Waals surface area contributed by atoms with Crippen LogP contribution in [0.1, 0.15) is 0 Å². The predicted molar refractivity (Wildman–Crippen MR) is 80.8 cm³/mol.